The second-order valence-electron chi connectivity index (χ2n) is 22.2. The van der Waals surface area contributed by atoms with Crippen LogP contribution in [-0.4, -0.2) is 34.9 Å². The van der Waals surface area contributed by atoms with Gasteiger partial charge in [0.2, 0.25) is 0 Å². The zero-order valence-corrected chi connectivity index (χ0v) is 44.5. The highest BCUT2D eigenvalue weighted by atomic mass is 32.1. The van der Waals surface area contributed by atoms with E-state index in [4.69, 9.17) is 0 Å². The molecule has 5 heterocycles. The maximum absolute atomic E-state index is 12.8. The number of aromatic nitrogens is 7. The van der Waals surface area contributed by atoms with Crippen molar-refractivity contribution >= 4 is 11.3 Å². The zero-order chi connectivity index (χ0) is 54.2. The summed E-state index contributed by atoms with van der Waals surface area (Å²) in [7, 11) is 0. The molecule has 5 aromatic heterocycles. The summed E-state index contributed by atoms with van der Waals surface area (Å²) in [4.78, 5) is 27.4. The molecule has 0 amide bonds. The lowest BCUT2D eigenvalue weighted by Gasteiger charge is -2.19. The Labute approximate surface area is 406 Å². The highest BCUT2D eigenvalue weighted by Crippen LogP contribution is 2.36. The van der Waals surface area contributed by atoms with Gasteiger partial charge in [0, 0.05) is 98.8 Å². The van der Waals surface area contributed by atoms with Crippen molar-refractivity contribution in [1.29, 1.82) is 0 Å². The Morgan fingerprint density at radius 1 is 0.290 bits per heavy atom. The molecular weight excluding hydrogens is 933 g/mol. The van der Waals surface area contributed by atoms with Crippen molar-refractivity contribution in [3.8, 4) is 0 Å². The van der Waals surface area contributed by atoms with E-state index in [-0.39, 0.29) is 49.0 Å². The van der Waals surface area contributed by atoms with Crippen LogP contribution in [0.5, 0.6) is 0 Å². The van der Waals surface area contributed by atoms with Gasteiger partial charge >= 0.3 is 5.92 Å². The summed E-state index contributed by atoms with van der Waals surface area (Å²) in [5.74, 6) is -14.8. The van der Waals surface area contributed by atoms with E-state index in [9.17, 15) is 43.9 Å². The van der Waals surface area contributed by atoms with Gasteiger partial charge < -0.3 is 0 Å². The minimum Gasteiger partial charge on any atom is -0.260 e. The van der Waals surface area contributed by atoms with E-state index in [0.717, 1.165) is 73.9 Å². The lowest BCUT2D eigenvalue weighted by Crippen LogP contribution is -2.17. The van der Waals surface area contributed by atoms with Crippen molar-refractivity contribution < 1.29 is 43.9 Å². The number of hydrogen-bond donors (Lipinski definition) is 0. The summed E-state index contributed by atoms with van der Waals surface area (Å²) in [5, 5.41) is -0.0996. The van der Waals surface area contributed by atoms with Gasteiger partial charge in [0.1, 0.15) is 11.4 Å². The second-order valence-corrected chi connectivity index (χ2v) is 23.2. The van der Waals surface area contributed by atoms with Crippen LogP contribution in [0.15, 0.2) is 67.6 Å². The van der Waals surface area contributed by atoms with Crippen molar-refractivity contribution in [2.45, 2.75) is 195 Å². The van der Waals surface area contributed by atoms with Gasteiger partial charge in [0.15, 0.2) is 10.8 Å². The topological polar surface area (TPSA) is 90.2 Å². The van der Waals surface area contributed by atoms with Crippen LogP contribution in [0.1, 0.15) is 194 Å². The van der Waals surface area contributed by atoms with Crippen LogP contribution in [-0.2, 0) is 56.7 Å². The SMILES string of the molecule is CC(C)(C)c1ccc(C(C)(F)F)cn1.CC(C)(C)c1ccc(C(C)(F)F)nc1.CC(C)(C)c1cnc(C(C)(F)F)cn1.CC(C)(C)c1cnc(C(C)(F)F)nc1.CC(C)(C)c1cnc(C(C)(F)F)s1. The monoisotopic (exact) mass is 1000 g/mol. The molecule has 0 saturated carbocycles. The molecule has 0 aliphatic rings. The third-order valence-electron chi connectivity index (χ3n) is 9.52. The van der Waals surface area contributed by atoms with Gasteiger partial charge in [0.05, 0.1) is 11.9 Å². The first-order valence-electron chi connectivity index (χ1n) is 22.0. The van der Waals surface area contributed by atoms with E-state index < -0.39 is 35.4 Å². The summed E-state index contributed by atoms with van der Waals surface area (Å²) in [6.07, 6.45) is 9.78. The predicted octanol–water partition coefficient (Wildman–Crippen LogP) is 16.3. The maximum Gasteiger partial charge on any atom is 0.303 e. The molecule has 69 heavy (non-hydrogen) atoms. The van der Waals surface area contributed by atoms with Crippen LogP contribution >= 0.6 is 11.3 Å². The van der Waals surface area contributed by atoms with Crippen LogP contribution in [0.4, 0.5) is 43.9 Å². The Hall–Kier alpha value is -4.61. The number of pyridine rings is 2. The quantitative estimate of drug-likeness (QED) is 0.162. The number of hydrogen-bond acceptors (Lipinski definition) is 8. The Morgan fingerprint density at radius 2 is 0.667 bits per heavy atom. The molecule has 0 saturated heterocycles. The molecule has 18 heteroatoms. The molecule has 7 nitrogen and oxygen atoms in total. The van der Waals surface area contributed by atoms with E-state index in [2.05, 4.69) is 34.9 Å². The highest BCUT2D eigenvalue weighted by molar-refractivity contribution is 7.11. The normalized spacial score (nSPS) is 13.1. The molecule has 386 valence electrons. The van der Waals surface area contributed by atoms with Crippen molar-refractivity contribution in [3.63, 3.8) is 0 Å². The molecule has 0 radical (unpaired) electrons. The largest absolute Gasteiger partial charge is 0.303 e. The Kier molecular flexibility index (Phi) is 20.5. The Bertz CT molecular complexity index is 1860. The number of halogens is 10. The highest BCUT2D eigenvalue weighted by Gasteiger charge is 2.32. The third kappa shape index (κ3) is 21.9. The van der Waals surface area contributed by atoms with Gasteiger partial charge in [-0.05, 0) is 45.6 Å². The van der Waals surface area contributed by atoms with Gasteiger partial charge in [0.25, 0.3) is 23.7 Å². The molecule has 5 aromatic rings. The third-order valence-corrected chi connectivity index (χ3v) is 11.1. The predicted molar refractivity (Wildman–Crippen MR) is 256 cm³/mol. The minimum absolute atomic E-state index is 0.0366. The van der Waals surface area contributed by atoms with Crippen molar-refractivity contribution in [2.75, 3.05) is 0 Å². The minimum atomic E-state index is -2.96. The van der Waals surface area contributed by atoms with Crippen LogP contribution < -0.4 is 0 Å². The van der Waals surface area contributed by atoms with E-state index in [1.807, 2.05) is 104 Å². The Balaban J connectivity index is 0.000000431. The van der Waals surface area contributed by atoms with Crippen LogP contribution in [0.2, 0.25) is 0 Å². The first kappa shape index (κ1) is 62.4. The van der Waals surface area contributed by atoms with Crippen LogP contribution in [0.25, 0.3) is 0 Å². The summed E-state index contributed by atoms with van der Waals surface area (Å²) >= 11 is 1.09. The standard InChI is InChI=1S/2C11H15F2N.2C10H14F2N2.C9H13F2NS/c1-10(2,3)9-6-5-8(7-14-9)11(4,12)13;1-10(2,3)8-5-6-9(14-7-8)11(4,12)13;1-9(2,3)7-5-14-8(6-13-7)10(4,11)12;1-9(2,3)7-5-13-8(14-6-7)10(4,11)12;1-8(2,3)6-5-12-7(13-6)9(4,10)11/h2*5-7H,1-4H3;2*5-6H,1-4H3;5H,1-4H3. The number of alkyl halides is 10. The second kappa shape index (κ2) is 22.6. The molecule has 0 aromatic carbocycles. The van der Waals surface area contributed by atoms with E-state index in [1.165, 1.54) is 49.3 Å². The maximum atomic E-state index is 12.8. The number of thiazole rings is 1. The fourth-order valence-corrected chi connectivity index (χ4v) is 5.81. The number of rotatable bonds is 5. The van der Waals surface area contributed by atoms with Crippen LogP contribution in [0, 0.1) is 0 Å². The average molecular weight is 1000 g/mol. The fraction of sp³-hybridized carbons (Fsp3) is 0.588. The summed E-state index contributed by atoms with van der Waals surface area (Å²) in [6.45, 7) is 34.0. The molecule has 0 spiro atoms. The summed E-state index contributed by atoms with van der Waals surface area (Å²) in [6, 6.07) is 6.20. The zero-order valence-electron chi connectivity index (χ0n) is 43.7. The molecular formula is C51H71F10N7S. The van der Waals surface area contributed by atoms with Gasteiger partial charge in [-0.25, -0.2) is 23.7 Å². The van der Waals surface area contributed by atoms with Crippen molar-refractivity contribution in [3.05, 3.63) is 123 Å². The molecule has 0 aliphatic carbocycles. The number of nitrogens with zero attached hydrogens (tertiary/aromatic N) is 7. The van der Waals surface area contributed by atoms with Gasteiger partial charge in [-0.2, -0.15) is 35.1 Å². The van der Waals surface area contributed by atoms with Crippen molar-refractivity contribution in [1.82, 2.24) is 34.9 Å². The summed E-state index contributed by atoms with van der Waals surface area (Å²) < 4.78 is 128. The molecule has 0 atom stereocenters. The lowest BCUT2D eigenvalue weighted by molar-refractivity contribution is 0.00738. The average Bonchev–Trinajstić information content (AvgIpc) is 3.70. The van der Waals surface area contributed by atoms with E-state index in [1.54, 1.807) is 12.1 Å². The molecule has 0 bridgehead atoms. The molecule has 0 aliphatic heterocycles. The molecule has 5 rings (SSSR count). The van der Waals surface area contributed by atoms with Crippen molar-refractivity contribution in [2.24, 2.45) is 0 Å². The van der Waals surface area contributed by atoms with Gasteiger partial charge in [-0.3, -0.25) is 19.9 Å². The van der Waals surface area contributed by atoms with E-state index in [0.29, 0.717) is 5.69 Å². The van der Waals surface area contributed by atoms with Crippen LogP contribution in [0.3, 0.4) is 0 Å². The summed E-state index contributed by atoms with van der Waals surface area (Å²) in [5.41, 5.74) is 2.35. The smallest absolute Gasteiger partial charge is 0.260 e. The molecule has 0 fully saturated rings. The van der Waals surface area contributed by atoms with Gasteiger partial charge in [-0.15, -0.1) is 11.3 Å². The first-order valence-corrected chi connectivity index (χ1v) is 22.8. The lowest BCUT2D eigenvalue weighted by atomic mass is 9.88. The molecule has 0 unspecified atom stereocenters. The first-order chi connectivity index (χ1) is 30.6. The fourth-order valence-electron chi connectivity index (χ4n) is 4.90. The van der Waals surface area contributed by atoms with E-state index >= 15 is 0 Å². The Morgan fingerprint density at radius 3 is 0.942 bits per heavy atom. The van der Waals surface area contributed by atoms with Gasteiger partial charge in [-0.1, -0.05) is 110 Å². The molecule has 0 N–H and O–H groups in total.